The number of allylic oxidation sites excluding steroid dienone is 2. The first kappa shape index (κ1) is 16.8. The second kappa shape index (κ2) is 6.38. The molecule has 0 spiro atoms. The number of benzene rings is 3. The molecule has 2 atom stereocenters. The molecule has 138 valence electrons. The van der Waals surface area contributed by atoms with E-state index < -0.39 is 5.97 Å². The van der Waals surface area contributed by atoms with Crippen LogP contribution in [0.4, 0.5) is 0 Å². The molecule has 0 saturated heterocycles. The molecule has 3 aromatic carbocycles. The van der Waals surface area contributed by atoms with Crippen molar-refractivity contribution in [1.82, 2.24) is 0 Å². The van der Waals surface area contributed by atoms with Gasteiger partial charge in [0.1, 0.15) is 17.2 Å². The van der Waals surface area contributed by atoms with Crippen molar-refractivity contribution in [3.05, 3.63) is 90.0 Å². The van der Waals surface area contributed by atoms with E-state index >= 15 is 0 Å². The van der Waals surface area contributed by atoms with Crippen LogP contribution in [0.25, 0.3) is 10.8 Å². The monoisotopic (exact) mass is 368 g/mol. The van der Waals surface area contributed by atoms with Gasteiger partial charge in [-0.1, -0.05) is 61.2 Å². The summed E-state index contributed by atoms with van der Waals surface area (Å²) in [5.74, 6) is 2.45. The highest BCUT2D eigenvalue weighted by Crippen LogP contribution is 2.58. The Morgan fingerprint density at radius 2 is 1.46 bits per heavy atom. The number of hydrogen-bond donors (Lipinski definition) is 0. The Bertz CT molecular complexity index is 1140. The van der Waals surface area contributed by atoms with Gasteiger partial charge >= 0.3 is 5.97 Å². The Hall–Kier alpha value is -3.33. The van der Waals surface area contributed by atoms with Crippen molar-refractivity contribution in [3.63, 3.8) is 0 Å². The third kappa shape index (κ3) is 2.55. The minimum Gasteiger partial charge on any atom is -0.456 e. The lowest BCUT2D eigenvalue weighted by molar-refractivity contribution is -0.130. The lowest BCUT2D eigenvalue weighted by Gasteiger charge is -2.22. The van der Waals surface area contributed by atoms with E-state index in [0.717, 1.165) is 39.8 Å². The molecule has 0 fully saturated rings. The van der Waals surface area contributed by atoms with Crippen molar-refractivity contribution in [2.75, 3.05) is 0 Å². The van der Waals surface area contributed by atoms with E-state index in [2.05, 4.69) is 18.7 Å². The van der Waals surface area contributed by atoms with Gasteiger partial charge < -0.3 is 9.47 Å². The van der Waals surface area contributed by atoms with E-state index in [4.69, 9.17) is 9.47 Å². The molecule has 0 radical (unpaired) electrons. The third-order valence-electron chi connectivity index (χ3n) is 5.53. The molecule has 0 heterocycles. The minimum atomic E-state index is -0.393. The molecule has 0 amide bonds. The number of para-hydroxylation sites is 1. The first-order chi connectivity index (χ1) is 13.6. The summed E-state index contributed by atoms with van der Waals surface area (Å²) in [6.45, 7) is 5.40. The SMILES string of the molecule is C=C(C)C(=O)Oc1c2c(c(Oc3ccccc3)c3ccccc13)C1C=CC2C1. The van der Waals surface area contributed by atoms with Crippen LogP contribution in [0.3, 0.4) is 0 Å². The Kier molecular flexibility index (Phi) is 3.83. The maximum atomic E-state index is 12.4. The Morgan fingerprint density at radius 3 is 2.11 bits per heavy atom. The fraction of sp³-hybridized carbons (Fsp3) is 0.160. The maximum Gasteiger partial charge on any atom is 0.338 e. The molecule has 0 aromatic heterocycles. The predicted octanol–water partition coefficient (Wildman–Crippen LogP) is 6.25. The summed E-state index contributed by atoms with van der Waals surface area (Å²) in [4.78, 5) is 12.4. The maximum absolute atomic E-state index is 12.4. The predicted molar refractivity (Wildman–Crippen MR) is 110 cm³/mol. The summed E-state index contributed by atoms with van der Waals surface area (Å²) >= 11 is 0. The number of carbonyl (C=O) groups excluding carboxylic acids is 1. The van der Waals surface area contributed by atoms with Crippen molar-refractivity contribution in [2.24, 2.45) is 0 Å². The van der Waals surface area contributed by atoms with E-state index in [1.807, 2.05) is 54.6 Å². The molecular formula is C25H20O3. The van der Waals surface area contributed by atoms with Gasteiger partial charge in [-0.05, 0) is 25.5 Å². The molecule has 28 heavy (non-hydrogen) atoms. The van der Waals surface area contributed by atoms with Gasteiger partial charge in [0.05, 0.1) is 0 Å². The number of carbonyl (C=O) groups is 1. The van der Waals surface area contributed by atoms with Gasteiger partial charge in [0, 0.05) is 39.3 Å². The largest absolute Gasteiger partial charge is 0.456 e. The molecular weight excluding hydrogens is 348 g/mol. The molecule has 2 bridgehead atoms. The van der Waals surface area contributed by atoms with Gasteiger partial charge in [0.25, 0.3) is 0 Å². The van der Waals surface area contributed by atoms with Gasteiger partial charge in [-0.15, -0.1) is 0 Å². The summed E-state index contributed by atoms with van der Waals surface area (Å²) in [6.07, 6.45) is 5.45. The van der Waals surface area contributed by atoms with Crippen LogP contribution in [0.1, 0.15) is 36.3 Å². The topological polar surface area (TPSA) is 35.5 Å². The summed E-state index contributed by atoms with van der Waals surface area (Å²) < 4.78 is 12.3. The summed E-state index contributed by atoms with van der Waals surface area (Å²) in [5, 5.41) is 1.85. The van der Waals surface area contributed by atoms with Crippen LogP contribution in [-0.4, -0.2) is 5.97 Å². The van der Waals surface area contributed by atoms with Crippen LogP contribution in [-0.2, 0) is 4.79 Å². The van der Waals surface area contributed by atoms with E-state index in [1.54, 1.807) is 6.92 Å². The zero-order valence-corrected chi connectivity index (χ0v) is 15.6. The van der Waals surface area contributed by atoms with Crippen LogP contribution in [0.2, 0.25) is 0 Å². The van der Waals surface area contributed by atoms with Gasteiger partial charge in [-0.25, -0.2) is 4.79 Å². The van der Waals surface area contributed by atoms with Crippen LogP contribution >= 0.6 is 0 Å². The molecule has 0 N–H and O–H groups in total. The number of hydrogen-bond acceptors (Lipinski definition) is 3. The fourth-order valence-corrected chi connectivity index (χ4v) is 4.28. The smallest absolute Gasteiger partial charge is 0.338 e. The molecule has 3 aromatic rings. The van der Waals surface area contributed by atoms with Gasteiger partial charge in [0.2, 0.25) is 0 Å². The second-order valence-corrected chi connectivity index (χ2v) is 7.45. The van der Waals surface area contributed by atoms with Crippen molar-refractivity contribution >= 4 is 16.7 Å². The van der Waals surface area contributed by atoms with Crippen LogP contribution < -0.4 is 9.47 Å². The number of fused-ring (bicyclic) bond motifs is 6. The van der Waals surface area contributed by atoms with Crippen LogP contribution in [0.15, 0.2) is 78.9 Å². The van der Waals surface area contributed by atoms with E-state index in [1.165, 1.54) is 0 Å². The Morgan fingerprint density at radius 1 is 0.893 bits per heavy atom. The molecule has 3 nitrogen and oxygen atoms in total. The molecule has 5 rings (SSSR count). The van der Waals surface area contributed by atoms with Crippen molar-refractivity contribution < 1.29 is 14.3 Å². The second-order valence-electron chi connectivity index (χ2n) is 7.45. The Balaban J connectivity index is 1.77. The highest BCUT2D eigenvalue weighted by Gasteiger charge is 2.40. The first-order valence-corrected chi connectivity index (χ1v) is 9.51. The number of esters is 1. The number of rotatable bonds is 4. The number of ether oxygens (including phenoxy) is 2. The van der Waals surface area contributed by atoms with Crippen molar-refractivity contribution in [2.45, 2.75) is 25.2 Å². The standard InChI is InChI=1S/C25H20O3/c1-15(2)25(26)28-24-20-11-7-6-10-19(20)23(27-18-8-4-3-5-9-18)21-16-12-13-17(14-16)22(21)24/h3-13,16-17H,1,14H2,2H3. The summed E-state index contributed by atoms with van der Waals surface area (Å²) in [7, 11) is 0. The van der Waals surface area contributed by atoms with Gasteiger partial charge in [-0.2, -0.15) is 0 Å². The zero-order valence-electron chi connectivity index (χ0n) is 15.6. The normalized spacial score (nSPS) is 18.9. The fourth-order valence-electron chi connectivity index (χ4n) is 4.28. The molecule has 2 unspecified atom stereocenters. The van der Waals surface area contributed by atoms with Crippen molar-refractivity contribution in [1.29, 1.82) is 0 Å². The van der Waals surface area contributed by atoms with E-state index in [-0.39, 0.29) is 11.8 Å². The average molecular weight is 368 g/mol. The lowest BCUT2D eigenvalue weighted by atomic mass is 9.90. The van der Waals surface area contributed by atoms with Crippen molar-refractivity contribution in [3.8, 4) is 17.2 Å². The average Bonchev–Trinajstić information content (AvgIpc) is 3.33. The van der Waals surface area contributed by atoms with E-state index in [9.17, 15) is 4.79 Å². The third-order valence-corrected chi connectivity index (χ3v) is 5.53. The molecule has 0 saturated carbocycles. The van der Waals surface area contributed by atoms with Crippen LogP contribution in [0.5, 0.6) is 17.2 Å². The molecule has 3 heteroatoms. The first-order valence-electron chi connectivity index (χ1n) is 9.51. The minimum absolute atomic E-state index is 0.246. The Labute approximate surface area is 163 Å². The molecule has 2 aliphatic rings. The zero-order chi connectivity index (χ0) is 19.3. The highest BCUT2D eigenvalue weighted by atomic mass is 16.5. The lowest BCUT2D eigenvalue weighted by Crippen LogP contribution is -2.12. The molecule has 0 aliphatic heterocycles. The van der Waals surface area contributed by atoms with E-state index in [0.29, 0.717) is 11.3 Å². The van der Waals surface area contributed by atoms with Crippen LogP contribution in [0, 0.1) is 0 Å². The highest BCUT2D eigenvalue weighted by molar-refractivity contribution is 6.00. The molecule has 2 aliphatic carbocycles. The quantitative estimate of drug-likeness (QED) is 0.236. The van der Waals surface area contributed by atoms with Gasteiger partial charge in [0.15, 0.2) is 0 Å². The van der Waals surface area contributed by atoms with Gasteiger partial charge in [-0.3, -0.25) is 0 Å². The summed E-state index contributed by atoms with van der Waals surface area (Å²) in [5.41, 5.74) is 2.60. The summed E-state index contributed by atoms with van der Waals surface area (Å²) in [6, 6.07) is 17.8.